The molecule has 0 bridgehead atoms. The minimum atomic E-state index is -0.258. The van der Waals surface area contributed by atoms with Gasteiger partial charge in [0.1, 0.15) is 12.3 Å². The minimum Gasteiger partial charge on any atom is -0.383 e. The summed E-state index contributed by atoms with van der Waals surface area (Å²) in [4.78, 5) is 26.0. The fourth-order valence-corrected chi connectivity index (χ4v) is 3.01. The van der Waals surface area contributed by atoms with E-state index in [-0.39, 0.29) is 24.5 Å². The average molecular weight is 386 g/mol. The van der Waals surface area contributed by atoms with Crippen LogP contribution < -0.4 is 5.32 Å². The number of aromatic amines is 1. The van der Waals surface area contributed by atoms with Crippen molar-refractivity contribution < 1.29 is 19.1 Å². The molecule has 1 fully saturated rings. The van der Waals surface area contributed by atoms with E-state index in [4.69, 9.17) is 9.47 Å². The summed E-state index contributed by atoms with van der Waals surface area (Å²) >= 11 is 0. The van der Waals surface area contributed by atoms with Crippen LogP contribution in [0.25, 0.3) is 11.3 Å². The molecular weight excluding hydrogens is 360 g/mol. The minimum absolute atomic E-state index is 0.0191. The number of carbonyl (C=O) groups excluding carboxylic acids is 2. The molecule has 1 aromatic heterocycles. The van der Waals surface area contributed by atoms with E-state index in [0.29, 0.717) is 31.9 Å². The molecule has 2 heterocycles. The molecule has 8 nitrogen and oxygen atoms in total. The van der Waals surface area contributed by atoms with Crippen molar-refractivity contribution >= 4 is 11.8 Å². The van der Waals surface area contributed by atoms with Crippen LogP contribution in [0.2, 0.25) is 0 Å². The number of benzene rings is 1. The van der Waals surface area contributed by atoms with E-state index < -0.39 is 0 Å². The van der Waals surface area contributed by atoms with Crippen molar-refractivity contribution in [1.29, 1.82) is 0 Å². The van der Waals surface area contributed by atoms with E-state index in [1.54, 1.807) is 18.1 Å². The summed E-state index contributed by atoms with van der Waals surface area (Å²) in [7, 11) is 1.60. The van der Waals surface area contributed by atoms with E-state index in [2.05, 4.69) is 28.5 Å². The number of nitrogens with one attached hydrogen (secondary N) is 2. The Kier molecular flexibility index (Phi) is 6.43. The van der Waals surface area contributed by atoms with Gasteiger partial charge in [-0.1, -0.05) is 12.1 Å². The van der Waals surface area contributed by atoms with Crippen molar-refractivity contribution in [2.75, 3.05) is 40.0 Å². The summed E-state index contributed by atoms with van der Waals surface area (Å²) in [5, 5.41) is 9.87. The molecule has 1 saturated heterocycles. The summed E-state index contributed by atoms with van der Waals surface area (Å²) in [6.45, 7) is 5.85. The first kappa shape index (κ1) is 20.0. The molecule has 1 unspecified atom stereocenters. The van der Waals surface area contributed by atoms with Crippen LogP contribution in [-0.2, 0) is 14.3 Å². The molecule has 8 heteroatoms. The van der Waals surface area contributed by atoms with E-state index >= 15 is 0 Å². The smallest absolute Gasteiger partial charge is 0.269 e. The average Bonchev–Trinajstić information content (AvgIpc) is 3.18. The topological polar surface area (TPSA) is 96.6 Å². The first-order valence-electron chi connectivity index (χ1n) is 9.27. The Labute approximate surface area is 164 Å². The largest absolute Gasteiger partial charge is 0.383 e. The van der Waals surface area contributed by atoms with Gasteiger partial charge in [0.15, 0.2) is 0 Å². The van der Waals surface area contributed by atoms with E-state index in [9.17, 15) is 9.59 Å². The lowest BCUT2D eigenvalue weighted by molar-refractivity contribution is -0.149. The highest BCUT2D eigenvalue weighted by molar-refractivity contribution is 5.93. The molecule has 2 N–H and O–H groups in total. The van der Waals surface area contributed by atoms with Crippen molar-refractivity contribution in [1.82, 2.24) is 20.4 Å². The highest BCUT2D eigenvalue weighted by atomic mass is 16.5. The zero-order chi connectivity index (χ0) is 20.1. The third kappa shape index (κ3) is 4.76. The Bertz CT molecular complexity index is 848. The highest BCUT2D eigenvalue weighted by Gasteiger charge is 2.26. The fourth-order valence-electron chi connectivity index (χ4n) is 3.01. The summed E-state index contributed by atoms with van der Waals surface area (Å²) in [6, 6.07) is 7.81. The standard InChI is InChI=1S/C20H26N4O4/c1-13-4-5-15(8-14(13)2)17-9-18(23-22-17)20(26)21-10-16-11-24(6-7-27-3)19(25)12-28-16/h4-5,8-9,16H,6-7,10-12H2,1-3H3,(H,21,26)(H,22,23). The van der Waals surface area contributed by atoms with Crippen molar-refractivity contribution in [3.8, 4) is 11.3 Å². The first-order valence-corrected chi connectivity index (χ1v) is 9.27. The third-order valence-corrected chi connectivity index (χ3v) is 4.90. The molecule has 0 spiro atoms. The zero-order valence-electron chi connectivity index (χ0n) is 16.4. The Morgan fingerprint density at radius 3 is 2.93 bits per heavy atom. The Morgan fingerprint density at radius 2 is 2.18 bits per heavy atom. The number of carbonyl (C=O) groups is 2. The fraction of sp³-hybridized carbons (Fsp3) is 0.450. The maximum absolute atomic E-state index is 12.4. The Morgan fingerprint density at radius 1 is 1.36 bits per heavy atom. The lowest BCUT2D eigenvalue weighted by Gasteiger charge is -2.32. The van der Waals surface area contributed by atoms with Gasteiger partial charge < -0.3 is 19.7 Å². The molecule has 0 aliphatic carbocycles. The van der Waals surface area contributed by atoms with Crippen molar-refractivity contribution in [3.05, 3.63) is 41.1 Å². The molecule has 1 aliphatic rings. The predicted octanol–water partition coefficient (Wildman–Crippen LogP) is 1.30. The number of hydrogen-bond donors (Lipinski definition) is 2. The number of H-pyrrole nitrogens is 1. The second-order valence-electron chi connectivity index (χ2n) is 6.94. The molecule has 2 aromatic rings. The van der Waals surface area contributed by atoms with Gasteiger partial charge >= 0.3 is 0 Å². The van der Waals surface area contributed by atoms with Gasteiger partial charge in [0.2, 0.25) is 5.91 Å². The number of morpholine rings is 1. The molecule has 1 aliphatic heterocycles. The molecule has 150 valence electrons. The summed E-state index contributed by atoms with van der Waals surface area (Å²) < 4.78 is 10.5. The van der Waals surface area contributed by atoms with E-state index in [1.807, 2.05) is 19.1 Å². The summed E-state index contributed by atoms with van der Waals surface area (Å²) in [5.41, 5.74) is 4.45. The van der Waals surface area contributed by atoms with Gasteiger partial charge in [-0.2, -0.15) is 5.10 Å². The van der Waals surface area contributed by atoms with Gasteiger partial charge in [-0.05, 0) is 37.1 Å². The van der Waals surface area contributed by atoms with E-state index in [0.717, 1.165) is 11.3 Å². The van der Waals surface area contributed by atoms with Gasteiger partial charge in [0.05, 0.1) is 18.4 Å². The SMILES string of the molecule is COCCN1CC(CNC(=O)c2cc(-c3ccc(C)c(C)c3)n[nH]2)OCC1=O. The normalized spacial score (nSPS) is 17.0. The maximum atomic E-state index is 12.4. The third-order valence-electron chi connectivity index (χ3n) is 4.90. The molecule has 0 radical (unpaired) electrons. The Balaban J connectivity index is 1.56. The van der Waals surface area contributed by atoms with Gasteiger partial charge in [0.25, 0.3) is 5.91 Å². The molecule has 1 atom stereocenters. The van der Waals surface area contributed by atoms with Gasteiger partial charge in [-0.15, -0.1) is 0 Å². The number of ether oxygens (including phenoxy) is 2. The molecule has 3 rings (SSSR count). The van der Waals surface area contributed by atoms with Gasteiger partial charge in [-0.3, -0.25) is 14.7 Å². The van der Waals surface area contributed by atoms with Crippen LogP contribution in [0.5, 0.6) is 0 Å². The zero-order valence-corrected chi connectivity index (χ0v) is 16.4. The maximum Gasteiger partial charge on any atom is 0.269 e. The molecule has 28 heavy (non-hydrogen) atoms. The number of aromatic nitrogens is 2. The van der Waals surface area contributed by atoms with Crippen molar-refractivity contribution in [2.24, 2.45) is 0 Å². The quantitative estimate of drug-likeness (QED) is 0.748. The monoisotopic (exact) mass is 386 g/mol. The van der Waals surface area contributed by atoms with Crippen LogP contribution in [0.3, 0.4) is 0 Å². The van der Waals surface area contributed by atoms with Crippen molar-refractivity contribution in [2.45, 2.75) is 20.0 Å². The van der Waals surface area contributed by atoms with Gasteiger partial charge in [0, 0.05) is 32.3 Å². The van der Waals surface area contributed by atoms with E-state index in [1.165, 1.54) is 11.1 Å². The van der Waals surface area contributed by atoms with Crippen molar-refractivity contribution in [3.63, 3.8) is 0 Å². The first-order chi connectivity index (χ1) is 13.5. The van der Waals surface area contributed by atoms with Crippen LogP contribution in [0.1, 0.15) is 21.6 Å². The predicted molar refractivity (Wildman–Crippen MR) is 104 cm³/mol. The number of nitrogens with zero attached hydrogens (tertiary/aromatic N) is 2. The summed E-state index contributed by atoms with van der Waals surface area (Å²) in [6.07, 6.45) is -0.249. The van der Waals surface area contributed by atoms with Crippen LogP contribution in [0.4, 0.5) is 0 Å². The number of rotatable bonds is 7. The lowest BCUT2D eigenvalue weighted by Crippen LogP contribution is -2.51. The van der Waals surface area contributed by atoms with Crippen LogP contribution in [0.15, 0.2) is 24.3 Å². The van der Waals surface area contributed by atoms with Crippen LogP contribution >= 0.6 is 0 Å². The number of amides is 2. The second-order valence-corrected chi connectivity index (χ2v) is 6.94. The number of hydrogen-bond acceptors (Lipinski definition) is 5. The summed E-state index contributed by atoms with van der Waals surface area (Å²) in [5.74, 6) is -0.322. The Hall–Kier alpha value is -2.71. The molecular formula is C20H26N4O4. The van der Waals surface area contributed by atoms with Crippen LogP contribution in [-0.4, -0.2) is 73.0 Å². The number of methoxy groups -OCH3 is 1. The molecule has 1 aromatic carbocycles. The molecule has 0 saturated carbocycles. The number of aryl methyl sites for hydroxylation is 2. The van der Waals surface area contributed by atoms with Gasteiger partial charge in [-0.25, -0.2) is 0 Å². The molecule has 2 amide bonds. The highest BCUT2D eigenvalue weighted by Crippen LogP contribution is 2.21. The second kappa shape index (κ2) is 8.99. The van der Waals surface area contributed by atoms with Crippen LogP contribution in [0, 0.1) is 13.8 Å². The lowest BCUT2D eigenvalue weighted by atomic mass is 10.0.